The highest BCUT2D eigenvalue weighted by molar-refractivity contribution is 5.94. The summed E-state index contributed by atoms with van der Waals surface area (Å²) >= 11 is 0. The second-order valence-corrected chi connectivity index (χ2v) is 7.89. The third-order valence-electron chi connectivity index (χ3n) is 5.94. The second-order valence-electron chi connectivity index (χ2n) is 7.89. The number of amides is 2. The van der Waals surface area contributed by atoms with Gasteiger partial charge in [0.05, 0.1) is 18.3 Å². The quantitative estimate of drug-likeness (QED) is 0.501. The number of urea groups is 1. The Kier molecular flexibility index (Phi) is 5.76. The van der Waals surface area contributed by atoms with Gasteiger partial charge < -0.3 is 19.9 Å². The van der Waals surface area contributed by atoms with E-state index in [1.807, 2.05) is 41.3 Å². The fourth-order valence-corrected chi connectivity index (χ4v) is 4.16. The Bertz CT molecular complexity index is 1270. The molecule has 2 amide bonds. The third-order valence-corrected chi connectivity index (χ3v) is 5.94. The lowest BCUT2D eigenvalue weighted by molar-refractivity contribution is 0.208. The van der Waals surface area contributed by atoms with Crippen LogP contribution in [0.4, 0.5) is 16.3 Å². The van der Waals surface area contributed by atoms with Crippen LogP contribution in [0.25, 0.3) is 22.0 Å². The summed E-state index contributed by atoms with van der Waals surface area (Å²) in [5.74, 6) is 1.57. The van der Waals surface area contributed by atoms with Crippen molar-refractivity contribution < 1.29 is 9.53 Å². The first-order chi connectivity index (χ1) is 16.2. The van der Waals surface area contributed by atoms with Crippen LogP contribution in [0.15, 0.2) is 79.1 Å². The Hall–Kier alpha value is -4.13. The molecule has 1 fully saturated rings. The van der Waals surface area contributed by atoms with Crippen LogP contribution in [0, 0.1) is 0 Å². The number of anilines is 2. The van der Waals surface area contributed by atoms with E-state index in [4.69, 9.17) is 9.72 Å². The van der Waals surface area contributed by atoms with E-state index in [2.05, 4.69) is 45.5 Å². The zero-order valence-corrected chi connectivity index (χ0v) is 18.4. The van der Waals surface area contributed by atoms with Gasteiger partial charge in [0.1, 0.15) is 11.6 Å². The van der Waals surface area contributed by atoms with Gasteiger partial charge in [0.15, 0.2) is 0 Å². The van der Waals surface area contributed by atoms with Crippen molar-refractivity contribution in [3.05, 3.63) is 79.1 Å². The molecule has 0 saturated carbocycles. The summed E-state index contributed by atoms with van der Waals surface area (Å²) in [6.45, 7) is 2.67. The van der Waals surface area contributed by atoms with E-state index in [1.54, 1.807) is 19.5 Å². The van der Waals surface area contributed by atoms with Crippen molar-refractivity contribution in [2.75, 3.05) is 43.5 Å². The maximum absolute atomic E-state index is 12.8. The highest BCUT2D eigenvalue weighted by Crippen LogP contribution is 2.29. The van der Waals surface area contributed by atoms with Gasteiger partial charge in [-0.3, -0.25) is 4.98 Å². The van der Waals surface area contributed by atoms with Crippen molar-refractivity contribution in [2.45, 2.75) is 0 Å². The topological polar surface area (TPSA) is 70.6 Å². The molecule has 1 aliphatic rings. The van der Waals surface area contributed by atoms with Crippen molar-refractivity contribution in [1.29, 1.82) is 0 Å². The van der Waals surface area contributed by atoms with Gasteiger partial charge >= 0.3 is 6.03 Å². The van der Waals surface area contributed by atoms with Gasteiger partial charge in [0, 0.05) is 49.5 Å². The van der Waals surface area contributed by atoms with Gasteiger partial charge in [-0.05, 0) is 42.0 Å². The number of para-hydroxylation sites is 3. The number of ether oxygens (including phenoxy) is 1. The number of hydrogen-bond donors (Lipinski definition) is 1. The SMILES string of the molecule is COc1ccccc1NC(=O)N1CCN(c2ccc3cccc(-c4ccncc4)c3n2)CC1. The molecular formula is C26H25N5O2. The monoisotopic (exact) mass is 439 g/mol. The smallest absolute Gasteiger partial charge is 0.322 e. The molecule has 0 bridgehead atoms. The number of nitrogens with zero attached hydrogens (tertiary/aromatic N) is 4. The molecule has 0 atom stereocenters. The summed E-state index contributed by atoms with van der Waals surface area (Å²) < 4.78 is 5.33. The van der Waals surface area contributed by atoms with Crippen LogP contribution in [-0.2, 0) is 0 Å². The highest BCUT2D eigenvalue weighted by Gasteiger charge is 2.23. The molecule has 7 heteroatoms. The lowest BCUT2D eigenvalue weighted by Crippen LogP contribution is -2.50. The average Bonchev–Trinajstić information content (AvgIpc) is 2.89. The summed E-state index contributed by atoms with van der Waals surface area (Å²) in [6, 6.07) is 21.7. The zero-order valence-electron chi connectivity index (χ0n) is 18.4. The number of hydrogen-bond acceptors (Lipinski definition) is 5. The van der Waals surface area contributed by atoms with Gasteiger partial charge in [-0.25, -0.2) is 9.78 Å². The van der Waals surface area contributed by atoms with Crippen molar-refractivity contribution in [3.63, 3.8) is 0 Å². The number of benzene rings is 2. The molecule has 1 aliphatic heterocycles. The fraction of sp³-hybridized carbons (Fsp3) is 0.192. The lowest BCUT2D eigenvalue weighted by atomic mass is 10.0. The standard InChI is InChI=1S/C26H25N5O2/c1-33-23-8-3-2-7-22(23)28-26(32)31-17-15-30(16-18-31)24-10-9-20-5-4-6-21(25(20)29-24)19-11-13-27-14-12-19/h2-14H,15-18H2,1H3,(H,28,32). The van der Waals surface area contributed by atoms with E-state index >= 15 is 0 Å². The second kappa shape index (κ2) is 9.16. The number of aromatic nitrogens is 2. The van der Waals surface area contributed by atoms with Gasteiger partial charge in [0.25, 0.3) is 0 Å². The van der Waals surface area contributed by atoms with Crippen LogP contribution in [0.1, 0.15) is 0 Å². The van der Waals surface area contributed by atoms with Gasteiger partial charge in [-0.1, -0.05) is 30.3 Å². The number of fused-ring (bicyclic) bond motifs is 1. The molecule has 7 nitrogen and oxygen atoms in total. The minimum absolute atomic E-state index is 0.120. The molecule has 0 spiro atoms. The Morgan fingerprint density at radius 1 is 0.909 bits per heavy atom. The largest absolute Gasteiger partial charge is 0.495 e. The number of methoxy groups -OCH3 is 1. The van der Waals surface area contributed by atoms with E-state index in [-0.39, 0.29) is 6.03 Å². The lowest BCUT2D eigenvalue weighted by Gasteiger charge is -2.35. The maximum Gasteiger partial charge on any atom is 0.322 e. The number of carbonyl (C=O) groups excluding carboxylic acids is 1. The van der Waals surface area contributed by atoms with Gasteiger partial charge in [0.2, 0.25) is 0 Å². The summed E-state index contributed by atoms with van der Waals surface area (Å²) in [7, 11) is 1.60. The fourth-order valence-electron chi connectivity index (χ4n) is 4.16. The molecule has 166 valence electrons. The van der Waals surface area contributed by atoms with Crippen molar-refractivity contribution >= 4 is 28.4 Å². The first-order valence-electron chi connectivity index (χ1n) is 11.0. The molecule has 4 aromatic rings. The maximum atomic E-state index is 12.8. The predicted molar refractivity (Wildman–Crippen MR) is 131 cm³/mol. The predicted octanol–water partition coefficient (Wildman–Crippen LogP) is 4.66. The molecule has 2 aromatic heterocycles. The molecular weight excluding hydrogens is 414 g/mol. The molecule has 5 rings (SSSR count). The van der Waals surface area contributed by atoms with Crippen molar-refractivity contribution in [3.8, 4) is 16.9 Å². The van der Waals surface area contributed by atoms with Crippen LogP contribution in [0.3, 0.4) is 0 Å². The Morgan fingerprint density at radius 2 is 1.70 bits per heavy atom. The van der Waals surface area contributed by atoms with Crippen LogP contribution >= 0.6 is 0 Å². The van der Waals surface area contributed by atoms with E-state index < -0.39 is 0 Å². The minimum Gasteiger partial charge on any atom is -0.495 e. The molecule has 33 heavy (non-hydrogen) atoms. The Labute approximate surface area is 192 Å². The average molecular weight is 440 g/mol. The van der Waals surface area contributed by atoms with E-state index in [0.29, 0.717) is 24.5 Å². The highest BCUT2D eigenvalue weighted by atomic mass is 16.5. The zero-order chi connectivity index (χ0) is 22.6. The first-order valence-corrected chi connectivity index (χ1v) is 11.0. The minimum atomic E-state index is -0.120. The van der Waals surface area contributed by atoms with E-state index in [0.717, 1.165) is 40.9 Å². The van der Waals surface area contributed by atoms with Crippen LogP contribution in [0.2, 0.25) is 0 Å². The number of rotatable bonds is 4. The third kappa shape index (κ3) is 4.30. The molecule has 1 saturated heterocycles. The number of piperazine rings is 1. The summed E-state index contributed by atoms with van der Waals surface area (Å²) in [6.07, 6.45) is 3.60. The van der Waals surface area contributed by atoms with Crippen molar-refractivity contribution in [2.24, 2.45) is 0 Å². The van der Waals surface area contributed by atoms with Gasteiger partial charge in [-0.2, -0.15) is 0 Å². The van der Waals surface area contributed by atoms with Crippen molar-refractivity contribution in [1.82, 2.24) is 14.9 Å². The van der Waals surface area contributed by atoms with Crippen LogP contribution in [-0.4, -0.2) is 54.2 Å². The molecule has 0 aliphatic carbocycles. The molecule has 3 heterocycles. The van der Waals surface area contributed by atoms with E-state index in [9.17, 15) is 4.79 Å². The Balaban J connectivity index is 1.31. The molecule has 0 radical (unpaired) electrons. The number of carbonyl (C=O) groups is 1. The number of nitrogens with one attached hydrogen (secondary N) is 1. The first kappa shape index (κ1) is 20.8. The van der Waals surface area contributed by atoms with Crippen LogP contribution in [0.5, 0.6) is 5.75 Å². The molecule has 2 aromatic carbocycles. The Morgan fingerprint density at radius 3 is 2.48 bits per heavy atom. The normalized spacial score (nSPS) is 13.7. The summed E-state index contributed by atoms with van der Waals surface area (Å²) in [5, 5.41) is 4.06. The molecule has 0 unspecified atom stereocenters. The summed E-state index contributed by atoms with van der Waals surface area (Å²) in [5.41, 5.74) is 3.83. The van der Waals surface area contributed by atoms with Gasteiger partial charge in [-0.15, -0.1) is 0 Å². The van der Waals surface area contributed by atoms with E-state index in [1.165, 1.54) is 0 Å². The summed E-state index contributed by atoms with van der Waals surface area (Å²) in [4.78, 5) is 26.0. The number of pyridine rings is 2. The molecule has 1 N–H and O–H groups in total. The van der Waals surface area contributed by atoms with Crippen LogP contribution < -0.4 is 15.0 Å².